The predicted octanol–water partition coefficient (Wildman–Crippen LogP) is 3.06. The van der Waals surface area contributed by atoms with Crippen LogP contribution < -0.4 is 15.8 Å². The molecule has 0 saturated heterocycles. The summed E-state index contributed by atoms with van der Waals surface area (Å²) in [6.45, 7) is -2.60. The molecule has 0 radical (unpaired) electrons. The van der Waals surface area contributed by atoms with E-state index in [1.165, 1.54) is 0 Å². The number of rotatable bonds is 6. The second-order valence-corrected chi connectivity index (χ2v) is 4.29. The zero-order valence-electron chi connectivity index (χ0n) is 11.0. The van der Waals surface area contributed by atoms with Crippen molar-refractivity contribution < 1.29 is 17.9 Å². The Balaban J connectivity index is 2.02. The van der Waals surface area contributed by atoms with Crippen LogP contribution in [0.4, 0.5) is 24.5 Å². The molecule has 7 heteroatoms. The number of nitrogens with zero attached hydrogens (tertiary/aromatic N) is 1. The van der Waals surface area contributed by atoms with Crippen molar-refractivity contribution >= 4 is 11.4 Å². The fourth-order valence-corrected chi connectivity index (χ4v) is 1.80. The number of hydrogen-bond donors (Lipinski definition) is 2. The van der Waals surface area contributed by atoms with Crippen molar-refractivity contribution in [3.05, 3.63) is 48.0 Å². The zero-order chi connectivity index (χ0) is 15.2. The maximum atomic E-state index is 13.4. The van der Waals surface area contributed by atoms with Crippen LogP contribution in [0.1, 0.15) is 5.56 Å². The van der Waals surface area contributed by atoms with Crippen LogP contribution in [-0.2, 0) is 6.42 Å². The molecule has 4 nitrogen and oxygen atoms in total. The van der Waals surface area contributed by atoms with Gasteiger partial charge in [0.2, 0.25) is 0 Å². The Morgan fingerprint density at radius 1 is 1.33 bits per heavy atom. The molecule has 1 aromatic carbocycles. The first-order valence-corrected chi connectivity index (χ1v) is 6.23. The molecule has 0 unspecified atom stereocenters. The van der Waals surface area contributed by atoms with Crippen LogP contribution in [0.15, 0.2) is 36.7 Å². The maximum absolute atomic E-state index is 13.4. The van der Waals surface area contributed by atoms with Gasteiger partial charge in [-0.15, -0.1) is 0 Å². The number of nitrogen functional groups attached to an aromatic ring is 1. The number of aromatic nitrogens is 1. The lowest BCUT2D eigenvalue weighted by atomic mass is 10.2. The molecule has 1 heterocycles. The lowest BCUT2D eigenvalue weighted by Gasteiger charge is -2.12. The first-order valence-electron chi connectivity index (χ1n) is 6.23. The summed E-state index contributed by atoms with van der Waals surface area (Å²) in [5.41, 5.74) is 7.12. The van der Waals surface area contributed by atoms with E-state index in [-0.39, 0.29) is 5.69 Å². The molecule has 0 fully saturated rings. The smallest absolute Gasteiger partial charge is 0.387 e. The van der Waals surface area contributed by atoms with E-state index in [0.717, 1.165) is 17.7 Å². The SMILES string of the molecule is Nc1cc(F)c(OC(F)F)cc1NCCc1cccnc1. The predicted molar refractivity (Wildman–Crippen MR) is 73.9 cm³/mol. The van der Waals surface area contributed by atoms with Crippen molar-refractivity contribution in [3.8, 4) is 5.75 Å². The molecule has 112 valence electrons. The second-order valence-electron chi connectivity index (χ2n) is 4.29. The van der Waals surface area contributed by atoms with Gasteiger partial charge in [-0.25, -0.2) is 4.39 Å². The Hall–Kier alpha value is -2.44. The molecule has 0 atom stereocenters. The summed E-state index contributed by atoms with van der Waals surface area (Å²) in [4.78, 5) is 3.98. The first kappa shape index (κ1) is 15.0. The summed E-state index contributed by atoms with van der Waals surface area (Å²) in [6, 6.07) is 5.80. The molecular formula is C14H14F3N3O. The average molecular weight is 297 g/mol. The van der Waals surface area contributed by atoms with Gasteiger partial charge in [-0.2, -0.15) is 8.78 Å². The summed E-state index contributed by atoms with van der Waals surface area (Å²) >= 11 is 0. The molecule has 0 aliphatic rings. The van der Waals surface area contributed by atoms with E-state index < -0.39 is 18.2 Å². The minimum Gasteiger partial charge on any atom is -0.432 e. The van der Waals surface area contributed by atoms with Crippen LogP contribution >= 0.6 is 0 Å². The topological polar surface area (TPSA) is 60.2 Å². The molecule has 0 aliphatic carbocycles. The molecular weight excluding hydrogens is 283 g/mol. The van der Waals surface area contributed by atoms with Crippen molar-refractivity contribution in [2.75, 3.05) is 17.6 Å². The molecule has 2 rings (SSSR count). The number of ether oxygens (including phenoxy) is 1. The summed E-state index contributed by atoms with van der Waals surface area (Å²) in [5, 5.41) is 2.96. The maximum Gasteiger partial charge on any atom is 0.387 e. The molecule has 21 heavy (non-hydrogen) atoms. The quantitative estimate of drug-likeness (QED) is 0.805. The van der Waals surface area contributed by atoms with E-state index in [2.05, 4.69) is 15.0 Å². The van der Waals surface area contributed by atoms with Crippen LogP contribution in [0.5, 0.6) is 5.75 Å². The number of anilines is 2. The molecule has 0 bridgehead atoms. The normalized spacial score (nSPS) is 10.7. The third-order valence-corrected chi connectivity index (χ3v) is 2.77. The summed E-state index contributed by atoms with van der Waals surface area (Å²) in [6.07, 6.45) is 4.06. The monoisotopic (exact) mass is 297 g/mol. The highest BCUT2D eigenvalue weighted by atomic mass is 19.3. The van der Waals surface area contributed by atoms with Crippen molar-refractivity contribution in [2.45, 2.75) is 13.0 Å². The largest absolute Gasteiger partial charge is 0.432 e. The molecule has 2 aromatic rings. The van der Waals surface area contributed by atoms with Crippen LogP contribution in [0.25, 0.3) is 0 Å². The van der Waals surface area contributed by atoms with E-state index in [4.69, 9.17) is 5.73 Å². The third kappa shape index (κ3) is 4.27. The minimum atomic E-state index is -3.09. The second kappa shape index (κ2) is 6.83. The number of hydrogen-bond acceptors (Lipinski definition) is 4. The van der Waals surface area contributed by atoms with Crippen molar-refractivity contribution in [2.24, 2.45) is 0 Å². The minimum absolute atomic E-state index is 0.125. The van der Waals surface area contributed by atoms with E-state index >= 15 is 0 Å². The van der Waals surface area contributed by atoms with Gasteiger partial charge in [-0.1, -0.05) is 6.07 Å². The van der Waals surface area contributed by atoms with Gasteiger partial charge in [0, 0.05) is 31.1 Å². The Labute approximate surface area is 119 Å². The van der Waals surface area contributed by atoms with E-state index in [1.54, 1.807) is 12.4 Å². The van der Waals surface area contributed by atoms with Gasteiger partial charge in [0.15, 0.2) is 11.6 Å². The van der Waals surface area contributed by atoms with Crippen LogP contribution in [0.3, 0.4) is 0 Å². The Bertz CT molecular complexity index is 594. The molecule has 0 amide bonds. The van der Waals surface area contributed by atoms with Crippen molar-refractivity contribution in [1.82, 2.24) is 4.98 Å². The Kier molecular flexibility index (Phi) is 4.86. The zero-order valence-corrected chi connectivity index (χ0v) is 11.0. The molecule has 1 aromatic heterocycles. The van der Waals surface area contributed by atoms with Crippen LogP contribution in [-0.4, -0.2) is 18.1 Å². The van der Waals surface area contributed by atoms with Crippen molar-refractivity contribution in [1.29, 1.82) is 0 Å². The number of nitrogens with two attached hydrogens (primary N) is 1. The number of alkyl halides is 2. The highest BCUT2D eigenvalue weighted by molar-refractivity contribution is 5.68. The fourth-order valence-electron chi connectivity index (χ4n) is 1.80. The Morgan fingerprint density at radius 2 is 2.14 bits per heavy atom. The van der Waals surface area contributed by atoms with E-state index in [1.807, 2.05) is 12.1 Å². The number of halogens is 3. The van der Waals surface area contributed by atoms with Gasteiger partial charge in [-0.05, 0) is 18.1 Å². The van der Waals surface area contributed by atoms with E-state index in [9.17, 15) is 13.2 Å². The lowest BCUT2D eigenvalue weighted by Crippen LogP contribution is -2.09. The van der Waals surface area contributed by atoms with Gasteiger partial charge in [0.25, 0.3) is 0 Å². The average Bonchev–Trinajstić information content (AvgIpc) is 2.44. The summed E-state index contributed by atoms with van der Waals surface area (Å²) in [7, 11) is 0. The molecule has 3 N–H and O–H groups in total. The highest BCUT2D eigenvalue weighted by Crippen LogP contribution is 2.29. The highest BCUT2D eigenvalue weighted by Gasteiger charge is 2.13. The fraction of sp³-hybridized carbons (Fsp3) is 0.214. The third-order valence-electron chi connectivity index (χ3n) is 2.77. The van der Waals surface area contributed by atoms with E-state index in [0.29, 0.717) is 18.7 Å². The van der Waals surface area contributed by atoms with Gasteiger partial charge >= 0.3 is 6.61 Å². The lowest BCUT2D eigenvalue weighted by molar-refractivity contribution is -0.0521. The van der Waals surface area contributed by atoms with Gasteiger partial charge in [0.05, 0.1) is 11.4 Å². The summed E-state index contributed by atoms with van der Waals surface area (Å²) < 4.78 is 41.8. The Morgan fingerprint density at radius 3 is 2.81 bits per heavy atom. The first-order chi connectivity index (χ1) is 10.1. The molecule has 0 saturated carbocycles. The van der Waals surface area contributed by atoms with Gasteiger partial charge in [-0.3, -0.25) is 4.98 Å². The standard InChI is InChI=1S/C14H14F3N3O/c15-10-6-11(18)12(7-13(10)21-14(16)17)20-5-3-9-2-1-4-19-8-9/h1-2,4,6-8,14,20H,3,5,18H2. The van der Waals surface area contributed by atoms with Crippen LogP contribution in [0, 0.1) is 5.82 Å². The molecule has 0 spiro atoms. The van der Waals surface area contributed by atoms with Crippen LogP contribution in [0.2, 0.25) is 0 Å². The van der Waals surface area contributed by atoms with Gasteiger partial charge < -0.3 is 15.8 Å². The van der Waals surface area contributed by atoms with Gasteiger partial charge in [0.1, 0.15) is 0 Å². The number of benzene rings is 1. The van der Waals surface area contributed by atoms with Crippen molar-refractivity contribution in [3.63, 3.8) is 0 Å². The molecule has 0 aliphatic heterocycles. The number of nitrogens with one attached hydrogen (secondary N) is 1. The summed E-state index contributed by atoms with van der Waals surface area (Å²) in [5.74, 6) is -1.46. The number of pyridine rings is 1.